The molecule has 0 saturated heterocycles. The molecule has 22 heavy (non-hydrogen) atoms. The third kappa shape index (κ3) is 5.86. The fourth-order valence-corrected chi connectivity index (χ4v) is 2.02. The molecule has 0 unspecified atom stereocenters. The van der Waals surface area contributed by atoms with E-state index in [4.69, 9.17) is 21.1 Å². The second-order valence-corrected chi connectivity index (χ2v) is 5.39. The smallest absolute Gasteiger partial charge is 0.119 e. The van der Waals surface area contributed by atoms with Crippen LogP contribution < -0.4 is 14.8 Å². The van der Waals surface area contributed by atoms with E-state index in [2.05, 4.69) is 12.2 Å². The molecule has 0 saturated carbocycles. The van der Waals surface area contributed by atoms with Crippen molar-refractivity contribution in [2.45, 2.75) is 19.8 Å². The van der Waals surface area contributed by atoms with Gasteiger partial charge >= 0.3 is 0 Å². The van der Waals surface area contributed by atoms with Gasteiger partial charge in [0.15, 0.2) is 0 Å². The van der Waals surface area contributed by atoms with E-state index < -0.39 is 0 Å². The molecule has 2 rings (SSSR count). The van der Waals surface area contributed by atoms with Gasteiger partial charge in [0.1, 0.15) is 18.1 Å². The molecule has 4 heteroatoms. The third-order valence-corrected chi connectivity index (χ3v) is 3.39. The molecule has 0 aliphatic rings. The van der Waals surface area contributed by atoms with Gasteiger partial charge in [-0.2, -0.15) is 0 Å². The van der Waals surface area contributed by atoms with Crippen molar-refractivity contribution in [2.24, 2.45) is 0 Å². The molecule has 0 spiro atoms. The van der Waals surface area contributed by atoms with Crippen molar-refractivity contribution in [3.05, 3.63) is 53.6 Å². The lowest BCUT2D eigenvalue weighted by Gasteiger charge is -2.10. The van der Waals surface area contributed by atoms with Crippen molar-refractivity contribution in [1.82, 2.24) is 0 Å². The maximum atomic E-state index is 5.83. The number of rotatable bonds is 9. The minimum atomic E-state index is 0.594. The van der Waals surface area contributed by atoms with Gasteiger partial charge in [0.05, 0.1) is 6.61 Å². The summed E-state index contributed by atoms with van der Waals surface area (Å²) in [6.07, 6.45) is 2.23. The van der Waals surface area contributed by atoms with Crippen molar-refractivity contribution >= 4 is 17.3 Å². The van der Waals surface area contributed by atoms with E-state index in [1.165, 1.54) is 0 Å². The minimum Gasteiger partial charge on any atom is -0.494 e. The summed E-state index contributed by atoms with van der Waals surface area (Å²) in [6.45, 7) is 4.26. The van der Waals surface area contributed by atoms with E-state index in [1.807, 2.05) is 48.5 Å². The molecule has 0 aliphatic heterocycles. The van der Waals surface area contributed by atoms with Crippen LogP contribution in [-0.4, -0.2) is 19.8 Å². The van der Waals surface area contributed by atoms with Crippen LogP contribution in [0.15, 0.2) is 48.5 Å². The molecule has 3 nitrogen and oxygen atoms in total. The van der Waals surface area contributed by atoms with Crippen LogP contribution >= 0.6 is 11.6 Å². The molecule has 0 amide bonds. The quantitative estimate of drug-likeness (QED) is 0.659. The summed E-state index contributed by atoms with van der Waals surface area (Å²) in [5.74, 6) is 1.74. The molecule has 2 aromatic carbocycles. The number of halogens is 1. The van der Waals surface area contributed by atoms with Crippen molar-refractivity contribution in [2.75, 3.05) is 25.1 Å². The van der Waals surface area contributed by atoms with Gasteiger partial charge in [0.2, 0.25) is 0 Å². The maximum Gasteiger partial charge on any atom is 0.119 e. The summed E-state index contributed by atoms with van der Waals surface area (Å²) in [6, 6.07) is 15.4. The van der Waals surface area contributed by atoms with Crippen LogP contribution in [0, 0.1) is 0 Å². The highest BCUT2D eigenvalue weighted by Gasteiger charge is 1.97. The van der Waals surface area contributed by atoms with Crippen LogP contribution in [0.2, 0.25) is 5.02 Å². The van der Waals surface area contributed by atoms with Gasteiger partial charge in [-0.05, 0) is 55.0 Å². The molecule has 0 aromatic heterocycles. The van der Waals surface area contributed by atoms with Gasteiger partial charge in [-0.25, -0.2) is 0 Å². The summed E-state index contributed by atoms with van der Waals surface area (Å²) < 4.78 is 11.3. The molecular weight excluding hydrogens is 298 g/mol. The first-order valence-electron chi connectivity index (χ1n) is 7.63. The zero-order valence-corrected chi connectivity index (χ0v) is 13.6. The lowest BCUT2D eigenvalue weighted by Crippen LogP contribution is -2.11. The zero-order valence-electron chi connectivity index (χ0n) is 12.8. The van der Waals surface area contributed by atoms with Gasteiger partial charge in [-0.3, -0.25) is 0 Å². The van der Waals surface area contributed by atoms with Crippen LogP contribution in [0.5, 0.6) is 11.5 Å². The normalized spacial score (nSPS) is 10.3. The Bertz CT molecular complexity index is 540. The van der Waals surface area contributed by atoms with E-state index in [1.54, 1.807) is 0 Å². The number of unbranched alkanes of at least 4 members (excludes halogenated alkanes) is 1. The van der Waals surface area contributed by atoms with Gasteiger partial charge in [-0.15, -0.1) is 0 Å². The van der Waals surface area contributed by atoms with Crippen molar-refractivity contribution in [3.8, 4) is 11.5 Å². The highest BCUT2D eigenvalue weighted by atomic mass is 35.5. The second kappa shape index (κ2) is 9.21. The molecule has 0 radical (unpaired) electrons. The van der Waals surface area contributed by atoms with E-state index >= 15 is 0 Å². The number of nitrogens with one attached hydrogen (secondary N) is 1. The first-order chi connectivity index (χ1) is 10.8. The van der Waals surface area contributed by atoms with Crippen LogP contribution in [0.4, 0.5) is 5.69 Å². The Labute approximate surface area is 137 Å². The Morgan fingerprint density at radius 3 is 2.09 bits per heavy atom. The summed E-state index contributed by atoms with van der Waals surface area (Å²) in [5, 5.41) is 4.03. The molecule has 1 N–H and O–H groups in total. The molecule has 0 fully saturated rings. The maximum absolute atomic E-state index is 5.83. The Morgan fingerprint density at radius 2 is 1.45 bits per heavy atom. The first kappa shape index (κ1) is 16.5. The Kier molecular flexibility index (Phi) is 6.91. The Hall–Kier alpha value is -1.87. The highest BCUT2D eigenvalue weighted by molar-refractivity contribution is 6.30. The van der Waals surface area contributed by atoms with Crippen LogP contribution in [-0.2, 0) is 0 Å². The fraction of sp³-hybridized carbons (Fsp3) is 0.333. The lowest BCUT2D eigenvalue weighted by molar-refractivity contribution is 0.309. The van der Waals surface area contributed by atoms with Crippen molar-refractivity contribution in [1.29, 1.82) is 0 Å². The van der Waals surface area contributed by atoms with Crippen molar-refractivity contribution in [3.63, 3.8) is 0 Å². The number of benzene rings is 2. The standard InChI is InChI=1S/C18H22ClNO2/c1-2-3-13-21-18-10-6-16(7-11-18)20-12-14-22-17-8-4-15(19)5-9-17/h4-11,20H,2-3,12-14H2,1H3. The third-order valence-electron chi connectivity index (χ3n) is 3.13. The topological polar surface area (TPSA) is 30.5 Å². The number of anilines is 1. The Balaban J connectivity index is 1.67. The predicted molar refractivity (Wildman–Crippen MR) is 92.3 cm³/mol. The zero-order chi connectivity index (χ0) is 15.6. The first-order valence-corrected chi connectivity index (χ1v) is 8.01. The highest BCUT2D eigenvalue weighted by Crippen LogP contribution is 2.17. The van der Waals surface area contributed by atoms with E-state index in [9.17, 15) is 0 Å². The van der Waals surface area contributed by atoms with Gasteiger partial charge in [0.25, 0.3) is 0 Å². The molecule has 0 bridgehead atoms. The second-order valence-electron chi connectivity index (χ2n) is 4.96. The molecule has 118 valence electrons. The minimum absolute atomic E-state index is 0.594. The van der Waals surface area contributed by atoms with Crippen molar-refractivity contribution < 1.29 is 9.47 Å². The molecule has 2 aromatic rings. The summed E-state index contributed by atoms with van der Waals surface area (Å²) >= 11 is 5.83. The average Bonchev–Trinajstić information content (AvgIpc) is 2.55. The summed E-state index contributed by atoms with van der Waals surface area (Å²) in [5.41, 5.74) is 1.06. The van der Waals surface area contributed by atoms with E-state index in [-0.39, 0.29) is 0 Å². The van der Waals surface area contributed by atoms with Gasteiger partial charge < -0.3 is 14.8 Å². The van der Waals surface area contributed by atoms with E-state index in [0.717, 1.165) is 43.2 Å². The number of hydrogen-bond acceptors (Lipinski definition) is 3. The van der Waals surface area contributed by atoms with E-state index in [0.29, 0.717) is 11.6 Å². The average molecular weight is 320 g/mol. The van der Waals surface area contributed by atoms with Crippen LogP contribution in [0.25, 0.3) is 0 Å². The monoisotopic (exact) mass is 319 g/mol. The molecule has 0 heterocycles. The van der Waals surface area contributed by atoms with Crippen LogP contribution in [0.3, 0.4) is 0 Å². The summed E-state index contributed by atoms with van der Waals surface area (Å²) in [4.78, 5) is 0. The van der Waals surface area contributed by atoms with Gasteiger partial charge in [0, 0.05) is 17.3 Å². The largest absolute Gasteiger partial charge is 0.494 e. The Morgan fingerprint density at radius 1 is 0.864 bits per heavy atom. The molecular formula is C18H22ClNO2. The lowest BCUT2D eigenvalue weighted by atomic mass is 10.3. The van der Waals surface area contributed by atoms with Crippen LogP contribution in [0.1, 0.15) is 19.8 Å². The summed E-state index contributed by atoms with van der Waals surface area (Å²) in [7, 11) is 0. The number of hydrogen-bond donors (Lipinski definition) is 1. The van der Waals surface area contributed by atoms with Gasteiger partial charge in [-0.1, -0.05) is 24.9 Å². The molecule has 0 aliphatic carbocycles. The fourth-order valence-electron chi connectivity index (χ4n) is 1.90. The predicted octanol–water partition coefficient (Wildman–Crippen LogP) is 5.01. The SMILES string of the molecule is CCCCOc1ccc(NCCOc2ccc(Cl)cc2)cc1. The number of ether oxygens (including phenoxy) is 2. The molecule has 0 atom stereocenters.